The number of ether oxygens (including phenoxy) is 1. The van der Waals surface area contributed by atoms with Crippen molar-refractivity contribution in [3.63, 3.8) is 0 Å². The first-order chi connectivity index (χ1) is 8.54. The van der Waals surface area contributed by atoms with E-state index in [1.165, 1.54) is 4.48 Å². The molecule has 0 rings (SSSR count). The highest BCUT2D eigenvalue weighted by Gasteiger charge is 2.40. The number of nitrogens with zero attached hydrogens (tertiary/aromatic N) is 1. The first-order valence-electron chi connectivity index (χ1n) is 7.26. The maximum absolute atomic E-state index is 9.27. The van der Waals surface area contributed by atoms with E-state index >= 15 is 0 Å². The lowest BCUT2D eigenvalue weighted by Crippen LogP contribution is -2.65. The minimum atomic E-state index is -1.46. The van der Waals surface area contributed by atoms with Gasteiger partial charge in [0, 0.05) is 6.61 Å². The second kappa shape index (κ2) is 9.18. The zero-order valence-electron chi connectivity index (χ0n) is 14.2. The van der Waals surface area contributed by atoms with E-state index in [1.807, 2.05) is 0 Å². The molecular formula is C15H33NO3. The molecule has 4 heteroatoms. The third-order valence-electron chi connectivity index (χ3n) is 3.84. The Morgan fingerprint density at radius 1 is 0.895 bits per heavy atom. The van der Waals surface area contributed by atoms with Crippen molar-refractivity contribution >= 4 is 6.16 Å². The van der Waals surface area contributed by atoms with Gasteiger partial charge in [-0.3, -0.25) is 0 Å². The van der Waals surface area contributed by atoms with Gasteiger partial charge in [-0.05, 0) is 62.3 Å². The van der Waals surface area contributed by atoms with Gasteiger partial charge in [-0.1, -0.05) is 0 Å². The third-order valence-corrected chi connectivity index (χ3v) is 3.84. The Bertz CT molecular complexity index is 210. The SMILES string of the molecule is CC(C)[N+](C(C)C)(C(C)C)C(C)C.CCOC(=O)[O-]. The molecule has 4 nitrogen and oxygen atoms in total. The van der Waals surface area contributed by atoms with Crippen molar-refractivity contribution in [3.05, 3.63) is 0 Å². The van der Waals surface area contributed by atoms with Crippen LogP contribution < -0.4 is 5.11 Å². The summed E-state index contributed by atoms with van der Waals surface area (Å²) in [6, 6.07) is 2.83. The minimum absolute atomic E-state index is 0.169. The van der Waals surface area contributed by atoms with Gasteiger partial charge in [-0.15, -0.1) is 0 Å². The molecule has 0 N–H and O–H groups in total. The van der Waals surface area contributed by atoms with Crippen LogP contribution in [0.1, 0.15) is 62.3 Å². The zero-order chi connectivity index (χ0) is 15.8. The number of rotatable bonds is 5. The molecule has 0 saturated heterocycles. The van der Waals surface area contributed by atoms with Crippen LogP contribution in [0.5, 0.6) is 0 Å². The van der Waals surface area contributed by atoms with Gasteiger partial charge in [0.1, 0.15) is 0 Å². The Kier molecular flexibility index (Phi) is 9.93. The Balaban J connectivity index is 0. The van der Waals surface area contributed by atoms with E-state index in [0.717, 1.165) is 0 Å². The van der Waals surface area contributed by atoms with Crippen molar-refractivity contribution < 1.29 is 19.1 Å². The van der Waals surface area contributed by atoms with Crippen LogP contribution in [-0.4, -0.2) is 41.4 Å². The second-order valence-electron chi connectivity index (χ2n) is 5.95. The molecule has 0 heterocycles. The standard InChI is InChI=1S/C12H28N.C3H6O3/c1-9(2)13(10(3)4,11(5)6)12(7)8;1-2-6-3(4)5/h9-12H,1-8H3;2H2,1H3,(H,4,5)/q+1;/p-1. The summed E-state index contributed by atoms with van der Waals surface area (Å²) in [5.41, 5.74) is 0. The van der Waals surface area contributed by atoms with Crippen molar-refractivity contribution in [1.29, 1.82) is 0 Å². The summed E-state index contributed by atoms with van der Waals surface area (Å²) in [6.45, 7) is 20.5. The molecule has 0 aliphatic carbocycles. The van der Waals surface area contributed by atoms with Gasteiger partial charge >= 0.3 is 0 Å². The quantitative estimate of drug-likeness (QED) is 0.572. The Hall–Kier alpha value is -0.770. The smallest absolute Gasteiger partial charge is 0.251 e. The molecule has 0 saturated carbocycles. The summed E-state index contributed by atoms with van der Waals surface area (Å²) in [6.07, 6.45) is -1.46. The molecule has 0 spiro atoms. The molecular weight excluding hydrogens is 242 g/mol. The molecule has 0 aromatic rings. The van der Waals surface area contributed by atoms with Crippen LogP contribution in [0.15, 0.2) is 0 Å². The van der Waals surface area contributed by atoms with Crippen molar-refractivity contribution in [2.75, 3.05) is 6.61 Å². The van der Waals surface area contributed by atoms with E-state index in [9.17, 15) is 9.90 Å². The maximum atomic E-state index is 9.27. The first-order valence-corrected chi connectivity index (χ1v) is 7.26. The first kappa shape index (κ1) is 20.5. The van der Waals surface area contributed by atoms with Crippen LogP contribution in [0, 0.1) is 0 Å². The van der Waals surface area contributed by atoms with Crippen molar-refractivity contribution in [3.8, 4) is 0 Å². The summed E-state index contributed by atoms with van der Waals surface area (Å²) in [5, 5.41) is 9.27. The second-order valence-corrected chi connectivity index (χ2v) is 5.95. The summed E-state index contributed by atoms with van der Waals surface area (Å²) in [5.74, 6) is 0. The normalized spacial score (nSPS) is 11.8. The average Bonchev–Trinajstić information content (AvgIpc) is 2.15. The van der Waals surface area contributed by atoms with Gasteiger partial charge in [0.05, 0.1) is 24.2 Å². The monoisotopic (exact) mass is 275 g/mol. The van der Waals surface area contributed by atoms with E-state index in [4.69, 9.17) is 0 Å². The molecule has 19 heavy (non-hydrogen) atoms. The van der Waals surface area contributed by atoms with Gasteiger partial charge in [0.15, 0.2) is 0 Å². The molecule has 0 fully saturated rings. The Morgan fingerprint density at radius 3 is 1.16 bits per heavy atom. The van der Waals surface area contributed by atoms with Crippen LogP contribution in [-0.2, 0) is 4.74 Å². The highest BCUT2D eigenvalue weighted by atomic mass is 16.7. The molecule has 0 aromatic heterocycles. The lowest BCUT2D eigenvalue weighted by atomic mass is 10.0. The highest BCUT2D eigenvalue weighted by Crippen LogP contribution is 2.28. The minimum Gasteiger partial charge on any atom is -0.550 e. The van der Waals surface area contributed by atoms with E-state index in [-0.39, 0.29) is 6.61 Å². The van der Waals surface area contributed by atoms with Crippen molar-refractivity contribution in [2.45, 2.75) is 86.5 Å². The molecule has 0 aromatic carbocycles. The average molecular weight is 275 g/mol. The lowest BCUT2D eigenvalue weighted by Gasteiger charge is -2.52. The highest BCUT2D eigenvalue weighted by molar-refractivity contribution is 5.53. The number of hydrogen-bond acceptors (Lipinski definition) is 3. The fourth-order valence-electron chi connectivity index (χ4n) is 3.70. The Morgan fingerprint density at radius 2 is 1.16 bits per heavy atom. The maximum Gasteiger partial charge on any atom is 0.251 e. The van der Waals surface area contributed by atoms with E-state index in [1.54, 1.807) is 6.92 Å². The van der Waals surface area contributed by atoms with E-state index < -0.39 is 6.16 Å². The van der Waals surface area contributed by atoms with Crippen LogP contribution >= 0.6 is 0 Å². The van der Waals surface area contributed by atoms with Crippen LogP contribution in [0.25, 0.3) is 0 Å². The zero-order valence-corrected chi connectivity index (χ0v) is 14.2. The van der Waals surface area contributed by atoms with Crippen LogP contribution in [0.3, 0.4) is 0 Å². The van der Waals surface area contributed by atoms with E-state index in [2.05, 4.69) is 60.1 Å². The molecule has 0 atom stereocenters. The number of hydrogen-bond donors (Lipinski definition) is 0. The molecule has 0 radical (unpaired) electrons. The van der Waals surface area contributed by atoms with E-state index in [0.29, 0.717) is 24.2 Å². The number of carbonyl (C=O) groups is 1. The predicted octanol–water partition coefficient (Wildman–Crippen LogP) is 2.80. The summed E-state index contributed by atoms with van der Waals surface area (Å²) in [4.78, 5) is 9.27. The lowest BCUT2D eigenvalue weighted by molar-refractivity contribution is -1.00. The summed E-state index contributed by atoms with van der Waals surface area (Å²) < 4.78 is 5.07. The Labute approximate surface area is 119 Å². The van der Waals surface area contributed by atoms with Gasteiger partial charge in [-0.2, -0.15) is 0 Å². The van der Waals surface area contributed by atoms with Crippen LogP contribution in [0.2, 0.25) is 0 Å². The molecule has 0 bridgehead atoms. The molecule has 0 unspecified atom stereocenters. The molecule has 116 valence electrons. The largest absolute Gasteiger partial charge is 0.550 e. The summed E-state index contributed by atoms with van der Waals surface area (Å²) >= 11 is 0. The van der Waals surface area contributed by atoms with Gasteiger partial charge in [0.25, 0.3) is 6.16 Å². The van der Waals surface area contributed by atoms with Gasteiger partial charge in [0.2, 0.25) is 0 Å². The van der Waals surface area contributed by atoms with Crippen molar-refractivity contribution in [2.24, 2.45) is 0 Å². The third kappa shape index (κ3) is 5.81. The van der Waals surface area contributed by atoms with Gasteiger partial charge < -0.3 is 19.1 Å². The topological polar surface area (TPSA) is 49.4 Å². The molecule has 0 aliphatic heterocycles. The number of carbonyl (C=O) groups excluding carboxylic acids is 1. The predicted molar refractivity (Wildman–Crippen MR) is 77.8 cm³/mol. The summed E-state index contributed by atoms with van der Waals surface area (Å²) in [7, 11) is 0. The number of quaternary nitrogens is 1. The van der Waals surface area contributed by atoms with Crippen LogP contribution in [0.4, 0.5) is 4.79 Å². The number of carboxylic acid groups (broad SMARTS) is 1. The molecule has 0 amide bonds. The molecule has 0 aliphatic rings. The van der Waals surface area contributed by atoms with Gasteiger partial charge in [-0.25, -0.2) is 0 Å². The van der Waals surface area contributed by atoms with Crippen molar-refractivity contribution in [1.82, 2.24) is 0 Å². The fraction of sp³-hybridized carbons (Fsp3) is 0.933. The fourth-order valence-corrected chi connectivity index (χ4v) is 3.70.